The van der Waals surface area contributed by atoms with E-state index in [4.69, 9.17) is 9.47 Å². The van der Waals surface area contributed by atoms with Gasteiger partial charge in [-0.15, -0.1) is 0 Å². The molecule has 0 N–H and O–H groups in total. The van der Waals surface area contributed by atoms with Gasteiger partial charge in [0.05, 0.1) is 13.2 Å². The van der Waals surface area contributed by atoms with Crippen molar-refractivity contribution < 1.29 is 24.3 Å². The molecule has 0 atom stereocenters. The fraction of sp³-hybridized carbons (Fsp3) is 1.00. The minimum absolute atomic E-state index is 0.371. The highest BCUT2D eigenvalue weighted by atomic mass is 17.5. The highest BCUT2D eigenvalue weighted by Gasteiger charge is 1.92. The predicted octanol–water partition coefficient (Wildman–Crippen LogP) is 1.72. The summed E-state index contributed by atoms with van der Waals surface area (Å²) in [5.74, 6) is 0. The summed E-state index contributed by atoms with van der Waals surface area (Å²) in [6, 6.07) is 0. The molecule has 0 fully saturated rings. The molecule has 0 heterocycles. The van der Waals surface area contributed by atoms with E-state index in [1.807, 2.05) is 0 Å². The van der Waals surface area contributed by atoms with Gasteiger partial charge in [0, 0.05) is 13.2 Å². The van der Waals surface area contributed by atoms with Gasteiger partial charge in [-0.25, -0.2) is 9.78 Å². The van der Waals surface area contributed by atoms with E-state index >= 15 is 0 Å². The molecule has 5 heteroatoms. The van der Waals surface area contributed by atoms with Gasteiger partial charge in [-0.2, -0.15) is 0 Å². The Kier molecular flexibility index (Phi) is 13.6. The molecule has 15 heavy (non-hydrogen) atoms. The summed E-state index contributed by atoms with van der Waals surface area (Å²) in [6.45, 7) is 7.37. The summed E-state index contributed by atoms with van der Waals surface area (Å²) in [7, 11) is 0. The van der Waals surface area contributed by atoms with Gasteiger partial charge in [-0.1, -0.05) is 18.9 Å². The molecular weight excluding hydrogens is 200 g/mol. The highest BCUT2D eigenvalue weighted by Crippen LogP contribution is 1.86. The van der Waals surface area contributed by atoms with Crippen LogP contribution < -0.4 is 0 Å². The van der Waals surface area contributed by atoms with E-state index in [0.29, 0.717) is 26.4 Å². The summed E-state index contributed by atoms with van der Waals surface area (Å²) in [5, 5.41) is 4.43. The van der Waals surface area contributed by atoms with Crippen molar-refractivity contribution in [3.63, 3.8) is 0 Å². The standard InChI is InChI=1S/C10H22O5/c1-3-5-11-7-9-13-15-14-10-8-12-6-4-2/h3-10H2,1-2H3. The van der Waals surface area contributed by atoms with Crippen LogP contribution >= 0.6 is 0 Å². The van der Waals surface area contributed by atoms with Crippen molar-refractivity contribution in [3.05, 3.63) is 0 Å². The zero-order chi connectivity index (χ0) is 11.2. The molecule has 0 aromatic carbocycles. The Bertz CT molecular complexity index is 98.0. The largest absolute Gasteiger partial charge is 0.379 e. The fourth-order valence-corrected chi connectivity index (χ4v) is 0.781. The minimum Gasteiger partial charge on any atom is -0.379 e. The SMILES string of the molecule is CCCOCCOOOCCOCCC. The molecule has 0 aromatic rings. The van der Waals surface area contributed by atoms with Crippen LogP contribution in [0.2, 0.25) is 0 Å². The van der Waals surface area contributed by atoms with Crippen molar-refractivity contribution in [2.75, 3.05) is 39.6 Å². The predicted molar refractivity (Wildman–Crippen MR) is 55.2 cm³/mol. The van der Waals surface area contributed by atoms with E-state index in [1.165, 1.54) is 0 Å². The van der Waals surface area contributed by atoms with Crippen LogP contribution in [0.4, 0.5) is 0 Å². The average molecular weight is 222 g/mol. The normalized spacial score (nSPS) is 10.8. The maximum absolute atomic E-state index is 5.16. The third kappa shape index (κ3) is 13.8. The van der Waals surface area contributed by atoms with Crippen LogP contribution in [-0.4, -0.2) is 39.6 Å². The molecule has 92 valence electrons. The summed E-state index contributed by atoms with van der Waals surface area (Å²) in [4.78, 5) is 9.37. The zero-order valence-electron chi connectivity index (χ0n) is 9.70. The van der Waals surface area contributed by atoms with Crippen molar-refractivity contribution in [2.24, 2.45) is 0 Å². The molecular formula is C10H22O5. The molecule has 0 aliphatic rings. The molecule has 0 aromatic heterocycles. The first kappa shape index (κ1) is 14.8. The second-order valence-electron chi connectivity index (χ2n) is 2.94. The van der Waals surface area contributed by atoms with Gasteiger partial charge in [0.2, 0.25) is 0 Å². The van der Waals surface area contributed by atoms with Gasteiger partial charge in [0.15, 0.2) is 0 Å². The van der Waals surface area contributed by atoms with Gasteiger partial charge in [0.25, 0.3) is 0 Å². The number of ether oxygens (including phenoxy) is 2. The van der Waals surface area contributed by atoms with E-state index < -0.39 is 0 Å². The molecule has 0 amide bonds. The number of hydrogen-bond acceptors (Lipinski definition) is 5. The van der Waals surface area contributed by atoms with E-state index in [2.05, 4.69) is 28.7 Å². The Morgan fingerprint density at radius 2 is 1.07 bits per heavy atom. The van der Waals surface area contributed by atoms with Crippen molar-refractivity contribution in [1.29, 1.82) is 0 Å². The first-order valence-electron chi connectivity index (χ1n) is 5.48. The van der Waals surface area contributed by atoms with Crippen LogP contribution in [0.1, 0.15) is 26.7 Å². The third-order valence-electron chi connectivity index (χ3n) is 1.42. The summed E-state index contributed by atoms with van der Waals surface area (Å²) >= 11 is 0. The smallest absolute Gasteiger partial charge is 0.109 e. The molecule has 0 saturated heterocycles. The van der Waals surface area contributed by atoms with Gasteiger partial charge >= 0.3 is 0 Å². The molecule has 0 unspecified atom stereocenters. The Balaban J connectivity index is 2.81. The van der Waals surface area contributed by atoms with Crippen LogP contribution in [0, 0.1) is 0 Å². The van der Waals surface area contributed by atoms with E-state index in [1.54, 1.807) is 0 Å². The van der Waals surface area contributed by atoms with Gasteiger partial charge in [-0.05, 0) is 12.8 Å². The molecule has 5 nitrogen and oxygen atoms in total. The monoisotopic (exact) mass is 222 g/mol. The summed E-state index contributed by atoms with van der Waals surface area (Å²) in [6.07, 6.45) is 2.01. The second kappa shape index (κ2) is 13.8. The van der Waals surface area contributed by atoms with Crippen LogP contribution in [0.25, 0.3) is 0 Å². The molecule has 0 radical (unpaired) electrons. The third-order valence-corrected chi connectivity index (χ3v) is 1.42. The van der Waals surface area contributed by atoms with Gasteiger partial charge in [0.1, 0.15) is 13.2 Å². The lowest BCUT2D eigenvalue weighted by Crippen LogP contribution is -2.09. The maximum Gasteiger partial charge on any atom is 0.109 e. The van der Waals surface area contributed by atoms with Crippen molar-refractivity contribution >= 4 is 0 Å². The lowest BCUT2D eigenvalue weighted by atomic mass is 10.5. The molecule has 0 rings (SSSR count). The highest BCUT2D eigenvalue weighted by molar-refractivity contribution is 4.27. The van der Waals surface area contributed by atoms with Gasteiger partial charge in [-0.3, -0.25) is 0 Å². The minimum atomic E-state index is 0.371. The Morgan fingerprint density at radius 3 is 1.47 bits per heavy atom. The zero-order valence-corrected chi connectivity index (χ0v) is 9.70. The lowest BCUT2D eigenvalue weighted by Gasteiger charge is -2.04. The summed E-state index contributed by atoms with van der Waals surface area (Å²) in [5.41, 5.74) is 0. The first-order valence-corrected chi connectivity index (χ1v) is 5.48. The second-order valence-corrected chi connectivity index (χ2v) is 2.94. The van der Waals surface area contributed by atoms with Crippen molar-refractivity contribution in [2.45, 2.75) is 26.7 Å². The van der Waals surface area contributed by atoms with E-state index in [-0.39, 0.29) is 0 Å². The fourth-order valence-electron chi connectivity index (χ4n) is 0.781. The number of rotatable bonds is 12. The van der Waals surface area contributed by atoms with E-state index in [0.717, 1.165) is 26.1 Å². The maximum atomic E-state index is 5.16. The molecule has 0 aliphatic carbocycles. The Labute approximate surface area is 91.5 Å². The van der Waals surface area contributed by atoms with E-state index in [9.17, 15) is 0 Å². The molecule has 0 spiro atoms. The topological polar surface area (TPSA) is 46.2 Å². The Hall–Kier alpha value is -0.200. The molecule has 0 bridgehead atoms. The first-order chi connectivity index (χ1) is 7.41. The average Bonchev–Trinajstić information content (AvgIpc) is 2.26. The number of hydrogen-bond donors (Lipinski definition) is 0. The van der Waals surface area contributed by atoms with Crippen molar-refractivity contribution in [1.82, 2.24) is 0 Å². The lowest BCUT2D eigenvalue weighted by molar-refractivity contribution is -0.514. The quantitative estimate of drug-likeness (QED) is 0.286. The van der Waals surface area contributed by atoms with Crippen LogP contribution in [0.3, 0.4) is 0 Å². The summed E-state index contributed by atoms with van der Waals surface area (Å²) < 4.78 is 10.3. The Morgan fingerprint density at radius 1 is 0.600 bits per heavy atom. The van der Waals surface area contributed by atoms with Crippen LogP contribution in [-0.2, 0) is 24.3 Å². The van der Waals surface area contributed by atoms with Gasteiger partial charge < -0.3 is 9.47 Å². The molecule has 0 aliphatic heterocycles. The molecule has 0 saturated carbocycles. The van der Waals surface area contributed by atoms with Crippen LogP contribution in [0.15, 0.2) is 0 Å². The van der Waals surface area contributed by atoms with Crippen molar-refractivity contribution in [3.8, 4) is 0 Å². The van der Waals surface area contributed by atoms with Crippen LogP contribution in [0.5, 0.6) is 0 Å².